The molecule has 0 aliphatic rings. The summed E-state index contributed by atoms with van der Waals surface area (Å²) in [5.41, 5.74) is 3.95. The van der Waals surface area contributed by atoms with Crippen molar-refractivity contribution in [3.8, 4) is 18.2 Å². The van der Waals surface area contributed by atoms with Crippen LogP contribution in [0.3, 0.4) is 0 Å². The fraction of sp³-hybridized carbons (Fsp3) is 0.333. The molecule has 1 heterocycles. The molecule has 1 atom stereocenters. The summed E-state index contributed by atoms with van der Waals surface area (Å²) in [5.74, 6) is 1.37. The van der Waals surface area contributed by atoms with E-state index in [1.54, 1.807) is 0 Å². The van der Waals surface area contributed by atoms with Gasteiger partial charge in [-0.2, -0.15) is 18.2 Å². The standard InChI is InChI=1S/C9H8F3N3O/c1-3-5(2)16-7-4-6(9(10,11)12)14-8(13)15-7/h1,4-5H,2H3,(H2,13,14,15). The monoisotopic (exact) mass is 231 g/mol. The van der Waals surface area contributed by atoms with Crippen LogP contribution in [-0.2, 0) is 6.18 Å². The molecule has 0 spiro atoms. The first kappa shape index (κ1) is 12.1. The normalized spacial score (nSPS) is 12.9. The molecular weight excluding hydrogens is 223 g/mol. The Morgan fingerprint density at radius 1 is 1.50 bits per heavy atom. The van der Waals surface area contributed by atoms with Crippen LogP contribution in [0.4, 0.5) is 19.1 Å². The highest BCUT2D eigenvalue weighted by Crippen LogP contribution is 2.29. The Balaban J connectivity index is 3.05. The zero-order valence-electron chi connectivity index (χ0n) is 8.25. The first-order valence-corrected chi connectivity index (χ1v) is 4.17. The van der Waals surface area contributed by atoms with Gasteiger partial charge in [-0.25, -0.2) is 4.98 Å². The third-order valence-electron chi connectivity index (χ3n) is 1.54. The zero-order chi connectivity index (χ0) is 12.3. The minimum Gasteiger partial charge on any atom is -0.461 e. The maximum atomic E-state index is 12.3. The third kappa shape index (κ3) is 3.02. The lowest BCUT2D eigenvalue weighted by Gasteiger charge is -2.11. The maximum absolute atomic E-state index is 12.3. The van der Waals surface area contributed by atoms with Crippen molar-refractivity contribution >= 4 is 5.95 Å². The maximum Gasteiger partial charge on any atom is 0.433 e. The largest absolute Gasteiger partial charge is 0.461 e. The Morgan fingerprint density at radius 2 is 2.12 bits per heavy atom. The van der Waals surface area contributed by atoms with Gasteiger partial charge in [0.05, 0.1) is 0 Å². The number of hydrogen-bond acceptors (Lipinski definition) is 4. The fourth-order valence-electron chi connectivity index (χ4n) is 0.864. The van der Waals surface area contributed by atoms with Gasteiger partial charge in [0.25, 0.3) is 0 Å². The van der Waals surface area contributed by atoms with E-state index in [-0.39, 0.29) is 5.88 Å². The molecule has 86 valence electrons. The van der Waals surface area contributed by atoms with E-state index < -0.39 is 23.9 Å². The van der Waals surface area contributed by atoms with Crippen molar-refractivity contribution < 1.29 is 17.9 Å². The topological polar surface area (TPSA) is 61.0 Å². The number of halogens is 3. The minimum absolute atomic E-state index is 0.301. The minimum atomic E-state index is -4.60. The molecule has 0 radical (unpaired) electrons. The Hall–Kier alpha value is -1.97. The highest BCUT2D eigenvalue weighted by atomic mass is 19.4. The summed E-state index contributed by atoms with van der Waals surface area (Å²) < 4.78 is 41.9. The molecule has 0 amide bonds. The van der Waals surface area contributed by atoms with Gasteiger partial charge in [0.1, 0.15) is 0 Å². The molecule has 0 saturated heterocycles. The van der Waals surface area contributed by atoms with Crippen molar-refractivity contribution in [2.24, 2.45) is 0 Å². The summed E-state index contributed by atoms with van der Waals surface area (Å²) in [4.78, 5) is 6.53. The molecule has 1 aromatic heterocycles. The van der Waals surface area contributed by atoms with Gasteiger partial charge in [0.15, 0.2) is 11.8 Å². The molecule has 0 saturated carbocycles. The van der Waals surface area contributed by atoms with Gasteiger partial charge in [-0.15, -0.1) is 6.42 Å². The molecule has 1 aromatic rings. The van der Waals surface area contributed by atoms with Gasteiger partial charge in [-0.05, 0) is 6.92 Å². The van der Waals surface area contributed by atoms with E-state index >= 15 is 0 Å². The summed E-state index contributed by atoms with van der Waals surface area (Å²) in [6, 6.07) is 0.643. The number of nitrogen functional groups attached to an aromatic ring is 1. The average Bonchev–Trinajstić information content (AvgIpc) is 2.15. The summed E-state index contributed by atoms with van der Waals surface area (Å²) in [6.45, 7) is 1.49. The zero-order valence-corrected chi connectivity index (χ0v) is 8.25. The van der Waals surface area contributed by atoms with Gasteiger partial charge in [0.2, 0.25) is 11.8 Å². The first-order chi connectivity index (χ1) is 7.32. The van der Waals surface area contributed by atoms with E-state index in [1.807, 2.05) is 0 Å². The number of aromatic nitrogens is 2. The lowest BCUT2D eigenvalue weighted by molar-refractivity contribution is -0.141. The van der Waals surface area contributed by atoms with Gasteiger partial charge < -0.3 is 10.5 Å². The Bertz CT molecular complexity index is 425. The fourth-order valence-corrected chi connectivity index (χ4v) is 0.864. The second kappa shape index (κ2) is 4.26. The van der Waals surface area contributed by atoms with Crippen LogP contribution in [-0.4, -0.2) is 16.1 Å². The average molecular weight is 231 g/mol. The van der Waals surface area contributed by atoms with Crippen LogP contribution in [0.5, 0.6) is 5.88 Å². The van der Waals surface area contributed by atoms with Crippen LogP contribution in [0.1, 0.15) is 12.6 Å². The second-order valence-corrected chi connectivity index (χ2v) is 2.87. The number of rotatable bonds is 2. The van der Waals surface area contributed by atoms with Crippen molar-refractivity contribution in [3.05, 3.63) is 11.8 Å². The van der Waals surface area contributed by atoms with Gasteiger partial charge in [-0.3, -0.25) is 0 Å². The van der Waals surface area contributed by atoms with Gasteiger partial charge in [0, 0.05) is 6.07 Å². The molecule has 0 bridgehead atoms. The number of nitrogens with two attached hydrogens (primary N) is 1. The summed E-state index contributed by atoms with van der Waals surface area (Å²) in [6.07, 6.45) is -0.291. The predicted molar refractivity (Wildman–Crippen MR) is 50.4 cm³/mol. The molecule has 2 N–H and O–H groups in total. The molecule has 1 rings (SSSR count). The Kier molecular flexibility index (Phi) is 3.22. The molecule has 0 aromatic carbocycles. The summed E-state index contributed by atoms with van der Waals surface area (Å²) in [7, 11) is 0. The van der Waals surface area contributed by atoms with Crippen molar-refractivity contribution in [1.29, 1.82) is 0 Å². The molecule has 7 heteroatoms. The third-order valence-corrected chi connectivity index (χ3v) is 1.54. The van der Waals surface area contributed by atoms with Crippen molar-refractivity contribution in [3.63, 3.8) is 0 Å². The van der Waals surface area contributed by atoms with Gasteiger partial charge >= 0.3 is 6.18 Å². The number of nitrogens with zero attached hydrogens (tertiary/aromatic N) is 2. The van der Waals surface area contributed by atoms with Crippen molar-refractivity contribution in [1.82, 2.24) is 9.97 Å². The molecule has 4 nitrogen and oxygen atoms in total. The molecule has 16 heavy (non-hydrogen) atoms. The lowest BCUT2D eigenvalue weighted by Crippen LogP contribution is -2.14. The highest BCUT2D eigenvalue weighted by molar-refractivity contribution is 5.28. The number of ether oxygens (including phenoxy) is 1. The molecule has 0 aliphatic carbocycles. The van der Waals surface area contributed by atoms with Crippen LogP contribution in [0.2, 0.25) is 0 Å². The van der Waals surface area contributed by atoms with Crippen LogP contribution < -0.4 is 10.5 Å². The smallest absolute Gasteiger partial charge is 0.433 e. The Labute approximate surface area is 89.6 Å². The quantitative estimate of drug-likeness (QED) is 0.783. The molecule has 0 aliphatic heterocycles. The van der Waals surface area contributed by atoms with E-state index in [0.717, 1.165) is 0 Å². The van der Waals surface area contributed by atoms with E-state index in [9.17, 15) is 13.2 Å². The highest BCUT2D eigenvalue weighted by Gasteiger charge is 2.33. The Morgan fingerprint density at radius 3 is 2.62 bits per heavy atom. The van der Waals surface area contributed by atoms with E-state index in [1.165, 1.54) is 6.92 Å². The van der Waals surface area contributed by atoms with E-state index in [0.29, 0.717) is 6.07 Å². The summed E-state index contributed by atoms with van der Waals surface area (Å²) >= 11 is 0. The number of hydrogen-bond donors (Lipinski definition) is 1. The number of alkyl halides is 3. The number of terminal acetylenes is 1. The lowest BCUT2D eigenvalue weighted by atomic mass is 10.4. The van der Waals surface area contributed by atoms with E-state index in [4.69, 9.17) is 16.9 Å². The van der Waals surface area contributed by atoms with Crippen molar-refractivity contribution in [2.45, 2.75) is 19.2 Å². The second-order valence-electron chi connectivity index (χ2n) is 2.87. The van der Waals surface area contributed by atoms with Crippen LogP contribution >= 0.6 is 0 Å². The van der Waals surface area contributed by atoms with Crippen LogP contribution in [0, 0.1) is 12.3 Å². The molecular formula is C9H8F3N3O. The first-order valence-electron chi connectivity index (χ1n) is 4.17. The number of anilines is 1. The van der Waals surface area contributed by atoms with Crippen LogP contribution in [0.15, 0.2) is 6.07 Å². The van der Waals surface area contributed by atoms with Crippen molar-refractivity contribution in [2.75, 3.05) is 5.73 Å². The van der Waals surface area contributed by atoms with Gasteiger partial charge in [-0.1, -0.05) is 5.92 Å². The molecule has 1 unspecified atom stereocenters. The van der Waals surface area contributed by atoms with E-state index in [2.05, 4.69) is 15.9 Å². The predicted octanol–water partition coefficient (Wildman–Crippen LogP) is 1.48. The summed E-state index contributed by atoms with van der Waals surface area (Å²) in [5, 5.41) is 0. The SMILES string of the molecule is C#CC(C)Oc1cc(C(F)(F)F)nc(N)n1. The molecule has 0 fully saturated rings. The van der Waals surface area contributed by atoms with Crippen LogP contribution in [0.25, 0.3) is 0 Å².